The number of rotatable bonds is 5. The molecule has 0 saturated heterocycles. The van der Waals surface area contributed by atoms with Gasteiger partial charge in [0, 0.05) is 13.1 Å². The first-order chi connectivity index (χ1) is 7.11. The lowest BCUT2D eigenvalue weighted by atomic mass is 9.89. The lowest BCUT2D eigenvalue weighted by molar-refractivity contribution is 0.333. The van der Waals surface area contributed by atoms with E-state index in [1.54, 1.807) is 0 Å². The smallest absolute Gasteiger partial charge is 0.212 e. The van der Waals surface area contributed by atoms with E-state index in [2.05, 4.69) is 4.72 Å². The van der Waals surface area contributed by atoms with Crippen LogP contribution >= 0.6 is 0 Å². The molecule has 0 amide bonds. The fourth-order valence-corrected chi connectivity index (χ4v) is 4.01. The average molecular weight is 232 g/mol. The van der Waals surface area contributed by atoms with E-state index < -0.39 is 10.0 Å². The molecule has 5 heteroatoms. The third kappa shape index (κ3) is 2.71. The third-order valence-corrected chi connectivity index (χ3v) is 5.22. The van der Waals surface area contributed by atoms with Crippen molar-refractivity contribution in [2.24, 2.45) is 23.5 Å². The lowest BCUT2D eigenvalue weighted by Gasteiger charge is -2.21. The van der Waals surface area contributed by atoms with E-state index >= 15 is 0 Å². The predicted molar refractivity (Wildman–Crippen MR) is 59.8 cm³/mol. The standard InChI is InChI=1S/C10H20N2O2S/c11-3-4-15(13,14)12-7-10-6-8-1-2-9(10)5-8/h8-10,12H,1-7,11H2. The molecule has 2 aliphatic rings. The van der Waals surface area contributed by atoms with Gasteiger partial charge in [-0.05, 0) is 37.0 Å². The summed E-state index contributed by atoms with van der Waals surface area (Å²) in [4.78, 5) is 0. The largest absolute Gasteiger partial charge is 0.329 e. The van der Waals surface area contributed by atoms with Gasteiger partial charge in [-0.2, -0.15) is 0 Å². The molecule has 2 aliphatic carbocycles. The highest BCUT2D eigenvalue weighted by molar-refractivity contribution is 7.89. The Morgan fingerprint density at radius 2 is 2.07 bits per heavy atom. The SMILES string of the molecule is NCCS(=O)(=O)NCC1CC2CCC1C2. The highest BCUT2D eigenvalue weighted by atomic mass is 32.2. The maximum absolute atomic E-state index is 11.4. The molecular weight excluding hydrogens is 212 g/mol. The average Bonchev–Trinajstić information content (AvgIpc) is 2.75. The van der Waals surface area contributed by atoms with Gasteiger partial charge in [-0.15, -0.1) is 0 Å². The fraction of sp³-hybridized carbons (Fsp3) is 1.00. The predicted octanol–water partition coefficient (Wildman–Crippen LogP) is 0.301. The Morgan fingerprint density at radius 1 is 1.27 bits per heavy atom. The van der Waals surface area contributed by atoms with E-state index in [1.165, 1.54) is 25.7 Å². The van der Waals surface area contributed by atoms with Gasteiger partial charge >= 0.3 is 0 Å². The Bertz CT molecular complexity index is 315. The molecule has 3 unspecified atom stereocenters. The minimum absolute atomic E-state index is 0.0494. The Morgan fingerprint density at radius 3 is 2.60 bits per heavy atom. The van der Waals surface area contributed by atoms with Gasteiger partial charge in [0.1, 0.15) is 0 Å². The van der Waals surface area contributed by atoms with E-state index in [0.717, 1.165) is 11.8 Å². The van der Waals surface area contributed by atoms with Gasteiger partial charge in [0.25, 0.3) is 0 Å². The summed E-state index contributed by atoms with van der Waals surface area (Å²) in [7, 11) is -3.11. The molecule has 0 heterocycles. The molecule has 4 nitrogen and oxygen atoms in total. The molecule has 2 rings (SSSR count). The van der Waals surface area contributed by atoms with Crippen LogP contribution in [0.5, 0.6) is 0 Å². The van der Waals surface area contributed by atoms with Gasteiger partial charge in [-0.3, -0.25) is 0 Å². The van der Waals surface area contributed by atoms with Crippen LogP contribution in [0.15, 0.2) is 0 Å². The van der Waals surface area contributed by atoms with Crippen molar-refractivity contribution in [3.8, 4) is 0 Å². The molecule has 2 saturated carbocycles. The van der Waals surface area contributed by atoms with Crippen LogP contribution in [-0.4, -0.2) is 27.3 Å². The van der Waals surface area contributed by atoms with Crippen LogP contribution in [0.2, 0.25) is 0 Å². The second kappa shape index (κ2) is 4.39. The summed E-state index contributed by atoms with van der Waals surface area (Å²) in [5, 5.41) is 0. The topological polar surface area (TPSA) is 72.2 Å². The van der Waals surface area contributed by atoms with Crippen molar-refractivity contribution in [2.75, 3.05) is 18.8 Å². The minimum Gasteiger partial charge on any atom is -0.329 e. The fourth-order valence-electron chi connectivity index (χ4n) is 3.09. The Balaban J connectivity index is 1.79. The van der Waals surface area contributed by atoms with Crippen molar-refractivity contribution in [1.29, 1.82) is 0 Å². The van der Waals surface area contributed by atoms with Crippen LogP contribution in [0.1, 0.15) is 25.7 Å². The van der Waals surface area contributed by atoms with Gasteiger partial charge in [0.15, 0.2) is 0 Å². The van der Waals surface area contributed by atoms with Crippen molar-refractivity contribution >= 4 is 10.0 Å². The molecule has 2 bridgehead atoms. The normalized spacial score (nSPS) is 34.9. The molecule has 0 aromatic heterocycles. The summed E-state index contributed by atoms with van der Waals surface area (Å²) < 4.78 is 25.5. The maximum atomic E-state index is 11.4. The van der Waals surface area contributed by atoms with Crippen LogP contribution in [-0.2, 0) is 10.0 Å². The van der Waals surface area contributed by atoms with E-state index in [-0.39, 0.29) is 12.3 Å². The zero-order valence-corrected chi connectivity index (χ0v) is 9.80. The summed E-state index contributed by atoms with van der Waals surface area (Å²) in [5.41, 5.74) is 5.24. The lowest BCUT2D eigenvalue weighted by Crippen LogP contribution is -2.35. The second-order valence-electron chi connectivity index (χ2n) is 4.89. The van der Waals surface area contributed by atoms with Gasteiger partial charge in [-0.25, -0.2) is 13.1 Å². The number of hydrogen-bond donors (Lipinski definition) is 2. The summed E-state index contributed by atoms with van der Waals surface area (Å²) >= 11 is 0. The van der Waals surface area contributed by atoms with E-state index in [1.807, 2.05) is 0 Å². The zero-order valence-electron chi connectivity index (χ0n) is 8.98. The second-order valence-corrected chi connectivity index (χ2v) is 6.82. The van der Waals surface area contributed by atoms with Crippen LogP contribution < -0.4 is 10.5 Å². The van der Waals surface area contributed by atoms with E-state index in [9.17, 15) is 8.42 Å². The molecule has 3 N–H and O–H groups in total. The van der Waals surface area contributed by atoms with Crippen LogP contribution in [0.3, 0.4) is 0 Å². The molecule has 0 aromatic rings. The molecule has 0 aliphatic heterocycles. The van der Waals surface area contributed by atoms with Gasteiger partial charge < -0.3 is 5.73 Å². The quantitative estimate of drug-likeness (QED) is 0.716. The van der Waals surface area contributed by atoms with Crippen LogP contribution in [0, 0.1) is 17.8 Å². The third-order valence-electron chi connectivity index (χ3n) is 3.84. The van der Waals surface area contributed by atoms with Crippen molar-refractivity contribution in [3.63, 3.8) is 0 Å². The van der Waals surface area contributed by atoms with E-state index in [0.29, 0.717) is 12.5 Å². The first kappa shape index (κ1) is 11.4. The molecule has 2 fully saturated rings. The van der Waals surface area contributed by atoms with Crippen molar-refractivity contribution in [2.45, 2.75) is 25.7 Å². The summed E-state index contributed by atoms with van der Waals surface area (Å²) in [6, 6.07) is 0. The van der Waals surface area contributed by atoms with Gasteiger partial charge in [-0.1, -0.05) is 6.42 Å². The maximum Gasteiger partial charge on any atom is 0.212 e. The molecule has 0 spiro atoms. The monoisotopic (exact) mass is 232 g/mol. The summed E-state index contributed by atoms with van der Waals surface area (Å²) in [5.74, 6) is 2.28. The van der Waals surface area contributed by atoms with Crippen LogP contribution in [0.4, 0.5) is 0 Å². The van der Waals surface area contributed by atoms with Gasteiger partial charge in [0.05, 0.1) is 5.75 Å². The van der Waals surface area contributed by atoms with Crippen molar-refractivity contribution in [1.82, 2.24) is 4.72 Å². The summed E-state index contributed by atoms with van der Waals surface area (Å²) in [6.07, 6.45) is 5.20. The first-order valence-electron chi connectivity index (χ1n) is 5.78. The van der Waals surface area contributed by atoms with E-state index in [4.69, 9.17) is 5.73 Å². The first-order valence-corrected chi connectivity index (χ1v) is 7.43. The molecule has 0 aromatic carbocycles. The van der Waals surface area contributed by atoms with Crippen LogP contribution in [0.25, 0.3) is 0 Å². The van der Waals surface area contributed by atoms with Crippen molar-refractivity contribution in [3.05, 3.63) is 0 Å². The molecule has 3 atom stereocenters. The number of sulfonamides is 1. The minimum atomic E-state index is -3.11. The Kier molecular flexibility index (Phi) is 3.33. The Hall–Kier alpha value is -0.130. The number of fused-ring (bicyclic) bond motifs is 2. The summed E-state index contributed by atoms with van der Waals surface area (Å²) in [6.45, 7) is 0.829. The number of nitrogens with one attached hydrogen (secondary N) is 1. The molecule has 0 radical (unpaired) electrons. The molecule has 15 heavy (non-hydrogen) atoms. The highest BCUT2D eigenvalue weighted by Gasteiger charge is 2.39. The Labute approximate surface area is 91.7 Å². The molecule has 88 valence electrons. The number of hydrogen-bond acceptors (Lipinski definition) is 3. The molecular formula is C10H20N2O2S. The highest BCUT2D eigenvalue weighted by Crippen LogP contribution is 2.47. The van der Waals surface area contributed by atoms with Gasteiger partial charge in [0.2, 0.25) is 10.0 Å². The zero-order chi connectivity index (χ0) is 10.9. The number of nitrogens with two attached hydrogens (primary N) is 1. The van der Waals surface area contributed by atoms with Crippen molar-refractivity contribution < 1.29 is 8.42 Å².